The first-order valence-corrected chi connectivity index (χ1v) is 8.17. The molecule has 0 spiro atoms. The maximum Gasteiger partial charge on any atom is 0.253 e. The first-order chi connectivity index (χ1) is 12.0. The lowest BCUT2D eigenvalue weighted by Crippen LogP contribution is -2.42. The number of ketones is 1. The molecule has 6 heteroatoms. The molecule has 1 aromatic carbocycles. The summed E-state index contributed by atoms with van der Waals surface area (Å²) in [5, 5.41) is 0. The van der Waals surface area contributed by atoms with Gasteiger partial charge < -0.3 is 4.90 Å². The Balaban J connectivity index is 2.43. The number of pyridine rings is 1. The minimum Gasteiger partial charge on any atom is -0.344 e. The molecule has 132 valence electrons. The molecule has 0 radical (unpaired) electrons. The lowest BCUT2D eigenvalue weighted by molar-refractivity contribution is -0.132. The molecule has 0 aliphatic heterocycles. The summed E-state index contributed by atoms with van der Waals surface area (Å²) in [7, 11) is 1.61. The number of hydrogen-bond donors (Lipinski definition) is 0. The molecule has 1 heterocycles. The lowest BCUT2D eigenvalue weighted by Gasteiger charge is -2.24. The van der Waals surface area contributed by atoms with Crippen molar-refractivity contribution in [3.8, 4) is 0 Å². The summed E-state index contributed by atoms with van der Waals surface area (Å²) in [6.45, 7) is 2.49. The van der Waals surface area contributed by atoms with Crippen LogP contribution in [0.5, 0.6) is 0 Å². The fraction of sp³-hybridized carbons (Fsp3) is 0.316. The number of aromatic nitrogens is 1. The van der Waals surface area contributed by atoms with Crippen LogP contribution in [-0.4, -0.2) is 34.7 Å². The zero-order valence-corrected chi connectivity index (χ0v) is 14.3. The fourth-order valence-electron chi connectivity index (χ4n) is 2.50. The van der Waals surface area contributed by atoms with E-state index >= 15 is 0 Å². The standard InChI is InChI=1S/C19H21FN2O3/c1-3-4-12-21(2)19(25)17(22-13-6-5-7-16(22)23)18(24)14-8-10-15(20)11-9-14/h5-11,13,17H,3-4,12H2,1-2H3/t17-/m1/s1. The van der Waals surface area contributed by atoms with Crippen molar-refractivity contribution in [2.75, 3.05) is 13.6 Å². The molecular weight excluding hydrogens is 323 g/mol. The van der Waals surface area contributed by atoms with Crippen molar-refractivity contribution >= 4 is 11.7 Å². The third-order valence-electron chi connectivity index (χ3n) is 3.96. The number of benzene rings is 1. The van der Waals surface area contributed by atoms with Gasteiger partial charge in [0.2, 0.25) is 0 Å². The van der Waals surface area contributed by atoms with E-state index in [1.807, 2.05) is 6.92 Å². The lowest BCUT2D eigenvalue weighted by atomic mass is 10.0. The normalized spacial score (nSPS) is 11.8. The molecule has 1 atom stereocenters. The number of carbonyl (C=O) groups excluding carboxylic acids is 2. The highest BCUT2D eigenvalue weighted by molar-refractivity contribution is 6.11. The van der Waals surface area contributed by atoms with E-state index in [-0.39, 0.29) is 5.56 Å². The van der Waals surface area contributed by atoms with Gasteiger partial charge in [-0.15, -0.1) is 0 Å². The maximum absolute atomic E-state index is 13.1. The summed E-state index contributed by atoms with van der Waals surface area (Å²) < 4.78 is 14.2. The van der Waals surface area contributed by atoms with Gasteiger partial charge in [-0.05, 0) is 36.8 Å². The molecule has 2 aromatic rings. The van der Waals surface area contributed by atoms with Crippen molar-refractivity contribution in [3.63, 3.8) is 0 Å². The zero-order chi connectivity index (χ0) is 18.4. The summed E-state index contributed by atoms with van der Waals surface area (Å²) in [6, 6.07) is 8.07. The van der Waals surface area contributed by atoms with E-state index in [1.54, 1.807) is 19.2 Å². The number of unbranched alkanes of at least 4 members (excludes halogenated alkanes) is 1. The van der Waals surface area contributed by atoms with Crippen molar-refractivity contribution in [1.82, 2.24) is 9.47 Å². The molecular formula is C19H21FN2O3. The average Bonchev–Trinajstić information content (AvgIpc) is 2.61. The van der Waals surface area contributed by atoms with Gasteiger partial charge in [-0.2, -0.15) is 0 Å². The minimum absolute atomic E-state index is 0.180. The van der Waals surface area contributed by atoms with Crippen LogP contribution in [0.1, 0.15) is 36.2 Å². The van der Waals surface area contributed by atoms with E-state index < -0.39 is 29.1 Å². The molecule has 0 unspecified atom stereocenters. The quantitative estimate of drug-likeness (QED) is 0.573. The van der Waals surface area contributed by atoms with Crippen LogP contribution < -0.4 is 5.56 Å². The first kappa shape index (κ1) is 18.6. The number of Topliss-reactive ketones (excluding diaryl/α,β-unsaturated/α-hetero) is 1. The van der Waals surface area contributed by atoms with Crippen LogP contribution in [0.25, 0.3) is 0 Å². The molecule has 25 heavy (non-hydrogen) atoms. The fourth-order valence-corrected chi connectivity index (χ4v) is 2.50. The molecule has 0 aliphatic rings. The highest BCUT2D eigenvalue weighted by Crippen LogP contribution is 2.17. The molecule has 0 saturated heterocycles. The molecule has 1 aromatic heterocycles. The third-order valence-corrected chi connectivity index (χ3v) is 3.96. The zero-order valence-electron chi connectivity index (χ0n) is 14.3. The Bertz CT molecular complexity index is 799. The second kappa shape index (κ2) is 8.37. The van der Waals surface area contributed by atoms with E-state index in [0.29, 0.717) is 6.54 Å². The van der Waals surface area contributed by atoms with Crippen molar-refractivity contribution in [3.05, 3.63) is 70.4 Å². The van der Waals surface area contributed by atoms with Crippen molar-refractivity contribution in [1.29, 1.82) is 0 Å². The maximum atomic E-state index is 13.1. The molecule has 1 amide bonds. The second-order valence-electron chi connectivity index (χ2n) is 5.83. The van der Waals surface area contributed by atoms with E-state index in [1.165, 1.54) is 29.3 Å². The van der Waals surface area contributed by atoms with Crippen LogP contribution in [0.2, 0.25) is 0 Å². The highest BCUT2D eigenvalue weighted by atomic mass is 19.1. The van der Waals surface area contributed by atoms with Gasteiger partial charge in [0.15, 0.2) is 11.8 Å². The van der Waals surface area contributed by atoms with E-state index in [2.05, 4.69) is 0 Å². The monoisotopic (exact) mass is 344 g/mol. The third kappa shape index (κ3) is 4.41. The number of amides is 1. The van der Waals surface area contributed by atoms with Crippen LogP contribution in [0.4, 0.5) is 4.39 Å². The summed E-state index contributed by atoms with van der Waals surface area (Å²) in [5.74, 6) is -1.48. The highest BCUT2D eigenvalue weighted by Gasteiger charge is 2.32. The number of likely N-dealkylation sites (N-methyl/N-ethyl adjacent to an activating group) is 1. The van der Waals surface area contributed by atoms with Crippen LogP contribution in [0.3, 0.4) is 0 Å². The summed E-state index contributed by atoms with van der Waals surface area (Å²) in [4.78, 5) is 39.4. The predicted octanol–water partition coefficient (Wildman–Crippen LogP) is 2.67. The molecule has 0 fully saturated rings. The number of carbonyl (C=O) groups is 2. The van der Waals surface area contributed by atoms with E-state index in [4.69, 9.17) is 0 Å². The molecule has 0 bridgehead atoms. The summed E-state index contributed by atoms with van der Waals surface area (Å²) in [6.07, 6.45) is 3.11. The van der Waals surface area contributed by atoms with Gasteiger partial charge in [0.1, 0.15) is 5.82 Å². The van der Waals surface area contributed by atoms with E-state index in [9.17, 15) is 18.8 Å². The SMILES string of the molecule is CCCCN(C)C(=O)[C@@H](C(=O)c1ccc(F)cc1)n1ccccc1=O. The molecule has 5 nitrogen and oxygen atoms in total. The molecule has 2 rings (SSSR count). The Kier molecular flexibility index (Phi) is 6.22. The van der Waals surface area contributed by atoms with Gasteiger partial charge in [0.05, 0.1) is 0 Å². The largest absolute Gasteiger partial charge is 0.344 e. The van der Waals surface area contributed by atoms with Gasteiger partial charge in [-0.25, -0.2) is 4.39 Å². The second-order valence-corrected chi connectivity index (χ2v) is 5.83. The summed E-state index contributed by atoms with van der Waals surface area (Å²) in [5.41, 5.74) is -0.264. The van der Waals surface area contributed by atoms with Crippen LogP contribution >= 0.6 is 0 Å². The number of hydrogen-bond acceptors (Lipinski definition) is 3. The van der Waals surface area contributed by atoms with Crippen molar-refractivity contribution in [2.24, 2.45) is 0 Å². The van der Waals surface area contributed by atoms with Crippen LogP contribution in [0, 0.1) is 5.82 Å². The first-order valence-electron chi connectivity index (χ1n) is 8.17. The van der Waals surface area contributed by atoms with E-state index in [0.717, 1.165) is 29.5 Å². The Hall–Kier alpha value is -2.76. The average molecular weight is 344 g/mol. The Labute approximate surface area is 145 Å². The Morgan fingerprint density at radius 1 is 1.16 bits per heavy atom. The molecule has 0 N–H and O–H groups in total. The van der Waals surface area contributed by atoms with Crippen LogP contribution in [0.15, 0.2) is 53.5 Å². The molecule has 0 saturated carbocycles. The Morgan fingerprint density at radius 3 is 2.44 bits per heavy atom. The van der Waals surface area contributed by atoms with Gasteiger partial charge in [-0.3, -0.25) is 19.0 Å². The van der Waals surface area contributed by atoms with Gasteiger partial charge in [-0.1, -0.05) is 19.4 Å². The van der Waals surface area contributed by atoms with Gasteiger partial charge in [0, 0.05) is 31.4 Å². The van der Waals surface area contributed by atoms with Crippen molar-refractivity contribution in [2.45, 2.75) is 25.8 Å². The topological polar surface area (TPSA) is 59.4 Å². The smallest absolute Gasteiger partial charge is 0.253 e. The van der Waals surface area contributed by atoms with Crippen molar-refractivity contribution < 1.29 is 14.0 Å². The number of halogens is 1. The predicted molar refractivity (Wildman–Crippen MR) is 93.0 cm³/mol. The molecule has 0 aliphatic carbocycles. The minimum atomic E-state index is -1.30. The number of nitrogens with zero attached hydrogens (tertiary/aromatic N) is 2. The van der Waals surface area contributed by atoms with Crippen LogP contribution in [-0.2, 0) is 4.79 Å². The Morgan fingerprint density at radius 2 is 1.84 bits per heavy atom. The number of rotatable bonds is 7. The summed E-state index contributed by atoms with van der Waals surface area (Å²) >= 11 is 0. The van der Waals surface area contributed by atoms with Gasteiger partial charge in [0.25, 0.3) is 11.5 Å². The van der Waals surface area contributed by atoms with Gasteiger partial charge >= 0.3 is 0 Å².